The van der Waals surface area contributed by atoms with Crippen molar-refractivity contribution in [1.29, 1.82) is 0 Å². The van der Waals surface area contributed by atoms with Crippen LogP contribution in [0.4, 0.5) is 4.79 Å². The van der Waals surface area contributed by atoms with Gasteiger partial charge in [0.25, 0.3) is 0 Å². The van der Waals surface area contributed by atoms with Gasteiger partial charge in [0.15, 0.2) is 9.84 Å². The first-order chi connectivity index (χ1) is 11.8. The van der Waals surface area contributed by atoms with Gasteiger partial charge in [-0.05, 0) is 37.1 Å². The maximum Gasteiger partial charge on any atom is 0.314 e. The second-order valence-electron chi connectivity index (χ2n) is 6.35. The second-order valence-corrected chi connectivity index (χ2v) is 8.48. The van der Waals surface area contributed by atoms with Gasteiger partial charge in [-0.25, -0.2) is 13.2 Å². The molecular weight excluding hydrogens is 340 g/mol. The Balaban J connectivity index is 2.19. The molecule has 0 aliphatic heterocycles. The van der Waals surface area contributed by atoms with Crippen LogP contribution >= 0.6 is 0 Å². The normalized spacial score (nSPS) is 12.8. The van der Waals surface area contributed by atoms with E-state index in [1.807, 2.05) is 20.8 Å². The molecule has 1 heterocycles. The summed E-state index contributed by atoms with van der Waals surface area (Å²) in [5.41, 5.74) is 0.972. The molecule has 0 fully saturated rings. The summed E-state index contributed by atoms with van der Waals surface area (Å²) in [6, 6.07) is 9.46. The molecule has 25 heavy (non-hydrogen) atoms. The van der Waals surface area contributed by atoms with Crippen molar-refractivity contribution >= 4 is 15.9 Å². The van der Waals surface area contributed by atoms with Crippen LogP contribution in [0.15, 0.2) is 52.0 Å². The molecule has 1 atom stereocenters. The van der Waals surface area contributed by atoms with Crippen LogP contribution in [0, 0.1) is 12.8 Å². The fourth-order valence-corrected chi connectivity index (χ4v) is 3.86. The fraction of sp³-hybridized carbons (Fsp3) is 0.389. The number of rotatable bonds is 7. The summed E-state index contributed by atoms with van der Waals surface area (Å²) in [5, 5.41) is 4.34. The molecule has 136 valence electrons. The van der Waals surface area contributed by atoms with E-state index in [0.29, 0.717) is 18.2 Å². The van der Waals surface area contributed by atoms with E-state index in [9.17, 15) is 13.2 Å². The maximum absolute atomic E-state index is 13.0. The molecule has 0 radical (unpaired) electrons. The average molecular weight is 364 g/mol. The number of urea groups is 1. The lowest BCUT2D eigenvalue weighted by Crippen LogP contribution is -2.40. The summed E-state index contributed by atoms with van der Waals surface area (Å²) in [5.74, 6) is 0.604. The van der Waals surface area contributed by atoms with E-state index in [1.54, 1.807) is 36.4 Å². The third kappa shape index (κ3) is 5.09. The van der Waals surface area contributed by atoms with Gasteiger partial charge in [-0.15, -0.1) is 0 Å². The molecule has 2 N–H and O–H groups in total. The summed E-state index contributed by atoms with van der Waals surface area (Å²) in [6.45, 7) is 6.29. The second kappa shape index (κ2) is 8.20. The van der Waals surface area contributed by atoms with Gasteiger partial charge in [-0.3, -0.25) is 0 Å². The summed E-state index contributed by atoms with van der Waals surface area (Å²) in [4.78, 5) is 12.1. The number of carbonyl (C=O) groups is 1. The monoisotopic (exact) mass is 364 g/mol. The van der Waals surface area contributed by atoms with E-state index in [1.165, 1.54) is 6.26 Å². The van der Waals surface area contributed by atoms with Crippen molar-refractivity contribution in [2.24, 2.45) is 5.92 Å². The molecule has 1 unspecified atom stereocenters. The Morgan fingerprint density at radius 2 is 1.72 bits per heavy atom. The highest BCUT2D eigenvalue weighted by atomic mass is 32.2. The molecule has 0 bridgehead atoms. The fourth-order valence-electron chi connectivity index (χ4n) is 2.27. The molecule has 1 aromatic heterocycles. The van der Waals surface area contributed by atoms with Gasteiger partial charge >= 0.3 is 6.03 Å². The number of hydrogen-bond donors (Lipinski definition) is 2. The Labute approximate surface area is 148 Å². The van der Waals surface area contributed by atoms with Crippen molar-refractivity contribution in [2.75, 3.05) is 13.1 Å². The van der Waals surface area contributed by atoms with Crippen molar-refractivity contribution in [3.05, 3.63) is 54.0 Å². The molecule has 0 aliphatic rings. The highest BCUT2D eigenvalue weighted by molar-refractivity contribution is 7.91. The van der Waals surface area contributed by atoms with E-state index >= 15 is 0 Å². The Morgan fingerprint density at radius 3 is 2.28 bits per heavy atom. The lowest BCUT2D eigenvalue weighted by atomic mass is 10.2. The lowest BCUT2D eigenvalue weighted by molar-refractivity contribution is 0.239. The third-order valence-electron chi connectivity index (χ3n) is 3.70. The van der Waals surface area contributed by atoms with Crippen LogP contribution in [0.5, 0.6) is 0 Å². The highest BCUT2D eigenvalue weighted by Crippen LogP contribution is 2.29. The van der Waals surface area contributed by atoms with Crippen molar-refractivity contribution in [1.82, 2.24) is 10.6 Å². The van der Waals surface area contributed by atoms with Gasteiger partial charge in [-0.1, -0.05) is 31.5 Å². The quantitative estimate of drug-likeness (QED) is 0.790. The first kappa shape index (κ1) is 19.1. The molecular formula is C18H24N2O4S. The van der Waals surface area contributed by atoms with Gasteiger partial charge in [0.2, 0.25) is 0 Å². The van der Waals surface area contributed by atoms with E-state index < -0.39 is 21.1 Å². The SMILES string of the molecule is Cc1ccc(S(=O)(=O)C(CNC(=O)NCC(C)C)c2ccco2)cc1. The Kier molecular flexibility index (Phi) is 6.25. The van der Waals surface area contributed by atoms with Crippen molar-refractivity contribution in [3.63, 3.8) is 0 Å². The summed E-state index contributed by atoms with van der Waals surface area (Å²) >= 11 is 0. The number of amides is 2. The van der Waals surface area contributed by atoms with Crippen LogP contribution < -0.4 is 10.6 Å². The lowest BCUT2D eigenvalue weighted by Gasteiger charge is -2.17. The summed E-state index contributed by atoms with van der Waals surface area (Å²) in [6.07, 6.45) is 1.42. The standard InChI is InChI=1S/C18H24N2O4S/c1-13(2)11-19-18(21)20-12-17(16-5-4-10-24-16)25(22,23)15-8-6-14(3)7-9-15/h4-10,13,17H,11-12H2,1-3H3,(H2,19,20,21). The minimum Gasteiger partial charge on any atom is -0.468 e. The first-order valence-electron chi connectivity index (χ1n) is 8.16. The zero-order valence-electron chi connectivity index (χ0n) is 14.7. The van der Waals surface area contributed by atoms with Gasteiger partial charge in [0.1, 0.15) is 11.0 Å². The van der Waals surface area contributed by atoms with Gasteiger partial charge in [-0.2, -0.15) is 0 Å². The molecule has 7 heteroatoms. The van der Waals surface area contributed by atoms with Crippen molar-refractivity contribution in [2.45, 2.75) is 30.9 Å². The molecule has 0 saturated carbocycles. The smallest absolute Gasteiger partial charge is 0.314 e. The number of benzene rings is 1. The van der Waals surface area contributed by atoms with E-state index in [-0.39, 0.29) is 11.4 Å². The third-order valence-corrected chi connectivity index (χ3v) is 5.78. The van der Waals surface area contributed by atoms with Crippen molar-refractivity contribution in [3.8, 4) is 0 Å². The number of furan rings is 1. The van der Waals surface area contributed by atoms with E-state index in [4.69, 9.17) is 4.42 Å². The van der Waals surface area contributed by atoms with Crippen LogP contribution in [-0.4, -0.2) is 27.5 Å². The number of hydrogen-bond acceptors (Lipinski definition) is 4. The van der Waals surface area contributed by atoms with Crippen LogP contribution in [0.25, 0.3) is 0 Å². The van der Waals surface area contributed by atoms with Crippen molar-refractivity contribution < 1.29 is 17.6 Å². The predicted molar refractivity (Wildman–Crippen MR) is 96.1 cm³/mol. The average Bonchev–Trinajstić information content (AvgIpc) is 3.07. The zero-order chi connectivity index (χ0) is 18.4. The predicted octanol–water partition coefficient (Wildman–Crippen LogP) is 3.06. The first-order valence-corrected chi connectivity index (χ1v) is 9.71. The molecule has 2 amide bonds. The van der Waals surface area contributed by atoms with Gasteiger partial charge in [0.05, 0.1) is 11.2 Å². The molecule has 0 aliphatic carbocycles. The topological polar surface area (TPSA) is 88.4 Å². The minimum atomic E-state index is -3.70. The number of nitrogens with one attached hydrogen (secondary N) is 2. The summed E-state index contributed by atoms with van der Waals surface area (Å²) in [7, 11) is -3.70. The molecule has 6 nitrogen and oxygen atoms in total. The molecule has 2 rings (SSSR count). The van der Waals surface area contributed by atoms with Crippen LogP contribution in [0.3, 0.4) is 0 Å². The van der Waals surface area contributed by atoms with Gasteiger partial charge < -0.3 is 15.1 Å². The summed E-state index contributed by atoms with van der Waals surface area (Å²) < 4.78 is 31.3. The molecule has 1 aromatic carbocycles. The van der Waals surface area contributed by atoms with E-state index in [0.717, 1.165) is 5.56 Å². The Bertz CT molecular complexity index is 781. The number of sulfone groups is 1. The minimum absolute atomic E-state index is 0.0757. The van der Waals surface area contributed by atoms with Crippen LogP contribution in [-0.2, 0) is 9.84 Å². The van der Waals surface area contributed by atoms with Gasteiger partial charge in [0, 0.05) is 13.1 Å². The van der Waals surface area contributed by atoms with E-state index in [2.05, 4.69) is 10.6 Å². The highest BCUT2D eigenvalue weighted by Gasteiger charge is 2.31. The zero-order valence-corrected chi connectivity index (χ0v) is 15.5. The van der Waals surface area contributed by atoms with Crippen LogP contribution in [0.2, 0.25) is 0 Å². The molecule has 0 saturated heterocycles. The largest absolute Gasteiger partial charge is 0.468 e. The number of carbonyl (C=O) groups excluding carboxylic acids is 1. The van der Waals surface area contributed by atoms with Crippen LogP contribution in [0.1, 0.15) is 30.4 Å². The molecule has 2 aromatic rings. The maximum atomic E-state index is 13.0. The Hall–Kier alpha value is -2.28. The Morgan fingerprint density at radius 1 is 1.08 bits per heavy atom. The molecule has 0 spiro atoms. The number of aryl methyl sites for hydroxylation is 1.